The minimum absolute atomic E-state index is 0. The molecule has 0 atom stereocenters. The van der Waals surface area contributed by atoms with Gasteiger partial charge in [0.15, 0.2) is 0 Å². The largest absolute Gasteiger partial charge is 4.00 e. The van der Waals surface area contributed by atoms with Gasteiger partial charge in [0.1, 0.15) is 0 Å². The van der Waals surface area contributed by atoms with E-state index in [1.54, 1.807) is 11.3 Å². The number of fused-ring (bicyclic) bond motifs is 1. The van der Waals surface area contributed by atoms with E-state index in [0.29, 0.717) is 0 Å². The van der Waals surface area contributed by atoms with E-state index in [0.717, 1.165) is 0 Å². The van der Waals surface area contributed by atoms with Crippen LogP contribution in [0.2, 0.25) is 0 Å². The van der Waals surface area contributed by atoms with E-state index in [-0.39, 0.29) is 63.4 Å². The zero-order chi connectivity index (χ0) is 7.14. The topological polar surface area (TPSA) is 0 Å². The molecular weight excluding hydrogens is 406 g/mol. The molecule has 0 aromatic heterocycles. The Bertz CT molecular complexity index is 334. The number of aryl methyl sites for hydroxylation is 1. The first kappa shape index (κ1) is 20.9. The van der Waals surface area contributed by atoms with Crippen molar-refractivity contribution < 1.29 is 63.4 Å². The van der Waals surface area contributed by atoms with Crippen LogP contribution in [0.15, 0.2) is 22.0 Å². The average molecular weight is 412 g/mol. The summed E-state index contributed by atoms with van der Waals surface area (Å²) in [6.45, 7) is 2.12. The normalized spacial score (nSPS) is 7.86. The summed E-state index contributed by atoms with van der Waals surface area (Å²) in [6, 6.07) is 4.42. The Kier molecular flexibility index (Phi) is 12.9. The molecule has 6 heteroatoms. The fraction of sp³-hybridized carbons (Fsp3) is 0.125. The molecule has 0 spiro atoms. The Hall–Kier alpha value is 1.54. The van der Waals surface area contributed by atoms with Crippen LogP contribution in [0.25, 0.3) is 10.4 Å². The maximum Gasteiger partial charge on any atom is 4.00 e. The Labute approximate surface area is 134 Å². The van der Waals surface area contributed by atoms with E-state index in [1.165, 1.54) is 20.5 Å². The Morgan fingerprint density at radius 2 is 1.79 bits per heavy atom. The maximum atomic E-state index is 3.49. The predicted octanol–water partition coefficient (Wildman–Crippen LogP) is -5.35. The van der Waals surface area contributed by atoms with Crippen LogP contribution in [-0.2, 0) is 26.2 Å². The van der Waals surface area contributed by atoms with Gasteiger partial charge in [0.2, 0.25) is 0 Å². The predicted molar refractivity (Wildman–Crippen MR) is 49.0 cm³/mol. The van der Waals surface area contributed by atoms with E-state index in [9.17, 15) is 0 Å². The fourth-order valence-electron chi connectivity index (χ4n) is 1.09. The summed E-state index contributed by atoms with van der Waals surface area (Å²) in [6.07, 6.45) is 0. The van der Waals surface area contributed by atoms with Crippen molar-refractivity contribution in [1.29, 1.82) is 0 Å². The summed E-state index contributed by atoms with van der Waals surface area (Å²) < 4.78 is 1.22. The average Bonchev–Trinajstić information content (AvgIpc) is 2.35. The molecule has 0 unspecified atom stereocenters. The minimum atomic E-state index is 0. The van der Waals surface area contributed by atoms with Crippen LogP contribution in [0.4, 0.5) is 0 Å². The Morgan fingerprint density at radius 1 is 1.21 bits per heavy atom. The third kappa shape index (κ3) is 4.19. The van der Waals surface area contributed by atoms with Gasteiger partial charge in [-0.3, -0.25) is 11.3 Å². The number of hydrogen-bond donors (Lipinski definition) is 0. The SMILES string of the molecule is Cc1cc2s[cH-]c(Br)c-2c1.[Cl-].[Cl-].[Cl-].[Zr+4]. The van der Waals surface area contributed by atoms with Gasteiger partial charge in [0.05, 0.1) is 0 Å². The molecule has 2 aliphatic rings. The molecule has 0 N–H and O–H groups in total. The summed E-state index contributed by atoms with van der Waals surface area (Å²) in [5.74, 6) is 0. The molecule has 2 rings (SSSR count). The van der Waals surface area contributed by atoms with Gasteiger partial charge < -0.3 is 37.2 Å². The van der Waals surface area contributed by atoms with Gasteiger partial charge in [-0.15, -0.1) is 28.0 Å². The second kappa shape index (κ2) is 8.67. The molecule has 0 aromatic carbocycles. The van der Waals surface area contributed by atoms with E-state index in [4.69, 9.17) is 0 Å². The molecule has 0 saturated heterocycles. The maximum absolute atomic E-state index is 3.49. The summed E-state index contributed by atoms with van der Waals surface area (Å²) >= 11 is 5.28. The van der Waals surface area contributed by atoms with Crippen molar-refractivity contribution in [3.8, 4) is 10.4 Å². The molecule has 0 saturated carbocycles. The van der Waals surface area contributed by atoms with Crippen LogP contribution in [0.3, 0.4) is 0 Å². The smallest absolute Gasteiger partial charge is 1.00 e. The van der Waals surface area contributed by atoms with Crippen molar-refractivity contribution in [3.05, 3.63) is 27.5 Å². The Balaban J connectivity index is -0.000000302. The van der Waals surface area contributed by atoms with Crippen LogP contribution in [-0.4, -0.2) is 0 Å². The van der Waals surface area contributed by atoms with Gasteiger partial charge in [0, 0.05) is 0 Å². The van der Waals surface area contributed by atoms with Crippen LogP contribution in [0.5, 0.6) is 0 Å². The van der Waals surface area contributed by atoms with Gasteiger partial charge in [0.25, 0.3) is 0 Å². The van der Waals surface area contributed by atoms with Crippen LogP contribution in [0, 0.1) is 6.92 Å². The molecule has 0 nitrogen and oxygen atoms in total. The van der Waals surface area contributed by atoms with Crippen LogP contribution < -0.4 is 37.2 Å². The van der Waals surface area contributed by atoms with Crippen LogP contribution in [0.1, 0.15) is 5.56 Å². The first-order valence-corrected chi connectivity index (χ1v) is 4.74. The molecule has 0 radical (unpaired) electrons. The van der Waals surface area contributed by atoms with Gasteiger partial charge in [-0.25, -0.2) is 0 Å². The monoisotopic (exact) mass is 408 g/mol. The van der Waals surface area contributed by atoms with Gasteiger partial charge in [-0.2, -0.15) is 0 Å². The van der Waals surface area contributed by atoms with Gasteiger partial charge in [-0.05, 0) is 6.92 Å². The molecule has 14 heavy (non-hydrogen) atoms. The third-order valence-electron chi connectivity index (χ3n) is 1.54. The van der Waals surface area contributed by atoms with Gasteiger partial charge in [-0.1, -0.05) is 26.0 Å². The molecule has 0 aromatic rings. The molecule has 0 fully saturated rings. The minimum Gasteiger partial charge on any atom is -1.00 e. The third-order valence-corrected chi connectivity index (χ3v) is 3.45. The zero-order valence-corrected chi connectivity index (χ0v) is 14.3. The molecule has 0 amide bonds. The summed E-state index contributed by atoms with van der Waals surface area (Å²) in [5.41, 5.74) is 2.70. The standard InChI is InChI=1S/C8H6BrS.3ClH.Zr/c1-5-2-6-7(9)4-10-8(6)3-5;;;;/h2-4H,1H3;3*1H;/q-1;;;;+4/p-3. The van der Waals surface area contributed by atoms with Crippen molar-refractivity contribution in [2.45, 2.75) is 6.92 Å². The molecular formula is C8H6BrCl3SZr. The van der Waals surface area contributed by atoms with Crippen molar-refractivity contribution in [2.24, 2.45) is 0 Å². The summed E-state index contributed by atoms with van der Waals surface area (Å²) in [7, 11) is 0. The van der Waals surface area contributed by atoms with Crippen molar-refractivity contribution >= 4 is 27.3 Å². The second-order valence-corrected chi connectivity index (χ2v) is 4.16. The molecule has 1 aliphatic carbocycles. The molecule has 1 heterocycles. The van der Waals surface area contributed by atoms with Gasteiger partial charge >= 0.3 is 26.2 Å². The number of hydrogen-bond acceptors (Lipinski definition) is 1. The summed E-state index contributed by atoms with van der Waals surface area (Å²) in [4.78, 5) is 1.38. The van der Waals surface area contributed by atoms with Crippen molar-refractivity contribution in [2.75, 3.05) is 0 Å². The first-order valence-electron chi connectivity index (χ1n) is 3.07. The zero-order valence-electron chi connectivity index (χ0n) is 7.15. The van der Waals surface area contributed by atoms with Crippen molar-refractivity contribution in [3.63, 3.8) is 0 Å². The molecule has 0 bridgehead atoms. The fourth-order valence-corrected chi connectivity index (χ4v) is 2.73. The number of thiophene rings is 1. The van der Waals surface area contributed by atoms with Crippen LogP contribution >= 0.6 is 27.3 Å². The summed E-state index contributed by atoms with van der Waals surface area (Å²) in [5, 5.41) is 2.13. The van der Waals surface area contributed by atoms with E-state index < -0.39 is 0 Å². The molecule has 1 aliphatic heterocycles. The Morgan fingerprint density at radius 3 is 2.29 bits per heavy atom. The number of rotatable bonds is 0. The van der Waals surface area contributed by atoms with Crippen molar-refractivity contribution in [1.82, 2.24) is 0 Å². The second-order valence-electron chi connectivity index (χ2n) is 2.39. The first-order chi connectivity index (χ1) is 4.77. The van der Waals surface area contributed by atoms with E-state index in [2.05, 4.69) is 40.4 Å². The van der Waals surface area contributed by atoms with E-state index in [1.807, 2.05) is 0 Å². The molecule has 76 valence electrons. The quantitative estimate of drug-likeness (QED) is 0.380. The van der Waals surface area contributed by atoms with E-state index >= 15 is 0 Å². The number of halogens is 4.